The fourth-order valence-electron chi connectivity index (χ4n) is 4.66. The topological polar surface area (TPSA) is 71.1 Å². The van der Waals surface area contributed by atoms with Gasteiger partial charge in [-0.05, 0) is 105 Å². The molecule has 4 aromatic rings. The molecule has 0 N–H and O–H groups in total. The standard InChI is InChI=1S/C35H28F6I2O6/c36-28-7-5-24(26(34(28)40)13-20-1-3-22(42)15-30(20)38)32(44)17-46-9-11-48-19-49-12-10-47-18-33(45)25-6-8-29(37)35(41)27(25)14-21-2-4-23(43)16-31(21)39/h1-8,15-16H,9-14,17-19H2. The summed E-state index contributed by atoms with van der Waals surface area (Å²) in [6.07, 6.45) is -0.654. The second-order valence-electron chi connectivity index (χ2n) is 10.5. The second kappa shape index (κ2) is 18.9. The Morgan fingerprint density at radius 3 is 1.29 bits per heavy atom. The number of Topliss-reactive ketones (excluding diaryl/α,β-unsaturated/α-hetero) is 2. The average Bonchev–Trinajstić information content (AvgIpc) is 3.06. The van der Waals surface area contributed by atoms with Crippen LogP contribution in [0, 0.1) is 42.0 Å². The fraction of sp³-hybridized carbons (Fsp3) is 0.257. The number of benzene rings is 4. The highest BCUT2D eigenvalue weighted by molar-refractivity contribution is 14.1. The van der Waals surface area contributed by atoms with Crippen LogP contribution in [0.5, 0.6) is 0 Å². The molecule has 0 bridgehead atoms. The van der Waals surface area contributed by atoms with Crippen molar-refractivity contribution in [1.29, 1.82) is 0 Å². The highest BCUT2D eigenvalue weighted by Crippen LogP contribution is 2.25. The van der Waals surface area contributed by atoms with Crippen LogP contribution in [-0.4, -0.2) is 58.0 Å². The van der Waals surface area contributed by atoms with Crippen molar-refractivity contribution in [2.75, 3.05) is 46.4 Å². The third kappa shape index (κ3) is 11.0. The molecule has 0 aliphatic carbocycles. The van der Waals surface area contributed by atoms with Crippen LogP contribution < -0.4 is 0 Å². The number of ether oxygens (including phenoxy) is 4. The van der Waals surface area contributed by atoms with Crippen molar-refractivity contribution in [2.45, 2.75) is 12.8 Å². The highest BCUT2D eigenvalue weighted by Gasteiger charge is 2.22. The van der Waals surface area contributed by atoms with Gasteiger partial charge in [-0.2, -0.15) is 0 Å². The SMILES string of the molecule is O=C(COCCOCOCCOCC(=O)c1ccc(F)c(F)c1Cc1ccc(I)cc1F)c1ccc(F)c(F)c1Cc1ccc(I)cc1F. The summed E-state index contributed by atoms with van der Waals surface area (Å²) in [5.41, 5.74) is -0.584. The van der Waals surface area contributed by atoms with E-state index in [1.54, 1.807) is 12.1 Å². The van der Waals surface area contributed by atoms with Gasteiger partial charge >= 0.3 is 0 Å². The summed E-state index contributed by atoms with van der Waals surface area (Å²) < 4.78 is 108. The van der Waals surface area contributed by atoms with E-state index >= 15 is 0 Å². The minimum Gasteiger partial charge on any atom is -0.371 e. The molecule has 6 nitrogen and oxygen atoms in total. The van der Waals surface area contributed by atoms with Crippen molar-refractivity contribution >= 4 is 56.7 Å². The maximum atomic E-state index is 14.6. The van der Waals surface area contributed by atoms with Crippen LogP contribution in [0.2, 0.25) is 0 Å². The molecule has 14 heteroatoms. The van der Waals surface area contributed by atoms with E-state index in [9.17, 15) is 35.9 Å². The Hall–Kier alpha value is -2.90. The van der Waals surface area contributed by atoms with Gasteiger partial charge in [0.15, 0.2) is 34.8 Å². The lowest BCUT2D eigenvalue weighted by Gasteiger charge is -2.12. The number of carbonyl (C=O) groups excluding carboxylic acids is 2. The van der Waals surface area contributed by atoms with Gasteiger partial charge in [-0.1, -0.05) is 12.1 Å². The lowest BCUT2D eigenvalue weighted by molar-refractivity contribution is -0.0791. The monoisotopic (exact) mass is 912 g/mol. The molecular formula is C35H28F6I2O6. The zero-order chi connectivity index (χ0) is 35.5. The molecule has 0 unspecified atom stereocenters. The molecule has 0 amide bonds. The van der Waals surface area contributed by atoms with Crippen LogP contribution in [0.15, 0.2) is 60.7 Å². The van der Waals surface area contributed by atoms with Crippen molar-refractivity contribution in [3.63, 3.8) is 0 Å². The Bertz CT molecular complexity index is 1680. The summed E-state index contributed by atoms with van der Waals surface area (Å²) in [6, 6.07) is 12.5. The molecule has 0 saturated heterocycles. The lowest BCUT2D eigenvalue weighted by Crippen LogP contribution is -2.17. The van der Waals surface area contributed by atoms with E-state index in [1.165, 1.54) is 24.3 Å². The smallest absolute Gasteiger partial charge is 0.188 e. The van der Waals surface area contributed by atoms with E-state index in [-0.39, 0.29) is 79.4 Å². The Morgan fingerprint density at radius 1 is 0.510 bits per heavy atom. The van der Waals surface area contributed by atoms with Crippen LogP contribution in [0.3, 0.4) is 0 Å². The third-order valence-electron chi connectivity index (χ3n) is 7.13. The third-order valence-corrected chi connectivity index (χ3v) is 8.48. The summed E-state index contributed by atoms with van der Waals surface area (Å²) in [5.74, 6) is -7.25. The number of hydrogen-bond donors (Lipinski definition) is 0. The summed E-state index contributed by atoms with van der Waals surface area (Å²) in [7, 11) is 0. The second-order valence-corrected chi connectivity index (χ2v) is 13.0. The fourth-order valence-corrected chi connectivity index (χ4v) is 5.57. The molecule has 0 atom stereocenters. The van der Waals surface area contributed by atoms with Gasteiger partial charge in [0.2, 0.25) is 0 Å². The van der Waals surface area contributed by atoms with E-state index < -0.39 is 59.7 Å². The van der Waals surface area contributed by atoms with E-state index in [0.29, 0.717) is 7.14 Å². The van der Waals surface area contributed by atoms with Crippen molar-refractivity contribution in [2.24, 2.45) is 0 Å². The molecule has 260 valence electrons. The molecule has 0 aromatic heterocycles. The minimum atomic E-state index is -1.23. The van der Waals surface area contributed by atoms with E-state index in [4.69, 9.17) is 18.9 Å². The number of halogens is 8. The first-order valence-corrected chi connectivity index (χ1v) is 16.8. The lowest BCUT2D eigenvalue weighted by atomic mass is 9.96. The maximum absolute atomic E-state index is 14.6. The van der Waals surface area contributed by atoms with Crippen LogP contribution in [0.1, 0.15) is 43.0 Å². The van der Waals surface area contributed by atoms with E-state index in [1.807, 2.05) is 45.2 Å². The quantitative estimate of drug-likeness (QED) is 0.0332. The number of rotatable bonds is 18. The molecule has 0 aliphatic rings. The van der Waals surface area contributed by atoms with E-state index in [0.717, 1.165) is 24.3 Å². The molecular weight excluding hydrogens is 884 g/mol. The van der Waals surface area contributed by atoms with Crippen LogP contribution in [-0.2, 0) is 31.8 Å². The zero-order valence-electron chi connectivity index (χ0n) is 25.6. The highest BCUT2D eigenvalue weighted by atomic mass is 127. The van der Waals surface area contributed by atoms with Gasteiger partial charge in [0, 0.05) is 42.2 Å². The summed E-state index contributed by atoms with van der Waals surface area (Å²) in [5, 5.41) is 0. The van der Waals surface area contributed by atoms with Crippen LogP contribution >= 0.6 is 45.2 Å². The molecule has 4 rings (SSSR count). The molecule has 0 saturated carbocycles. The maximum Gasteiger partial charge on any atom is 0.188 e. The molecule has 0 fully saturated rings. The molecule has 4 aromatic carbocycles. The first kappa shape index (κ1) is 38.9. The van der Waals surface area contributed by atoms with Crippen LogP contribution in [0.4, 0.5) is 26.3 Å². The Kier molecular flexibility index (Phi) is 15.0. The predicted octanol–water partition coefficient (Wildman–Crippen LogP) is 8.00. The summed E-state index contributed by atoms with van der Waals surface area (Å²) in [4.78, 5) is 25.5. The van der Waals surface area contributed by atoms with Crippen molar-refractivity contribution < 1.29 is 54.9 Å². The first-order chi connectivity index (χ1) is 23.5. The van der Waals surface area contributed by atoms with Gasteiger partial charge in [-0.3, -0.25) is 9.59 Å². The molecule has 0 heterocycles. The molecule has 0 aliphatic heterocycles. The van der Waals surface area contributed by atoms with Crippen molar-refractivity contribution in [3.05, 3.63) is 136 Å². The Morgan fingerprint density at radius 2 is 0.898 bits per heavy atom. The van der Waals surface area contributed by atoms with Gasteiger partial charge in [-0.15, -0.1) is 0 Å². The first-order valence-electron chi connectivity index (χ1n) is 14.6. The Labute approximate surface area is 305 Å². The molecule has 0 spiro atoms. The normalized spacial score (nSPS) is 11.3. The van der Waals surface area contributed by atoms with Gasteiger partial charge < -0.3 is 18.9 Å². The Balaban J connectivity index is 1.15. The van der Waals surface area contributed by atoms with Crippen LogP contribution in [0.25, 0.3) is 0 Å². The minimum absolute atomic E-state index is 0.0190. The van der Waals surface area contributed by atoms with Gasteiger partial charge in [0.05, 0.1) is 26.4 Å². The van der Waals surface area contributed by atoms with Gasteiger partial charge in [0.1, 0.15) is 31.6 Å². The van der Waals surface area contributed by atoms with Gasteiger partial charge in [0.25, 0.3) is 0 Å². The van der Waals surface area contributed by atoms with E-state index in [2.05, 4.69) is 0 Å². The van der Waals surface area contributed by atoms with Gasteiger partial charge in [-0.25, -0.2) is 26.3 Å². The predicted molar refractivity (Wildman–Crippen MR) is 184 cm³/mol. The average molecular weight is 912 g/mol. The zero-order valence-corrected chi connectivity index (χ0v) is 29.9. The number of carbonyl (C=O) groups is 2. The number of ketones is 2. The largest absolute Gasteiger partial charge is 0.371 e. The van der Waals surface area contributed by atoms with Crippen molar-refractivity contribution in [3.8, 4) is 0 Å². The molecule has 49 heavy (non-hydrogen) atoms. The number of hydrogen-bond acceptors (Lipinski definition) is 6. The van der Waals surface area contributed by atoms with Crippen molar-refractivity contribution in [1.82, 2.24) is 0 Å². The molecule has 0 radical (unpaired) electrons. The summed E-state index contributed by atoms with van der Waals surface area (Å²) in [6.45, 7) is -1.13. The summed E-state index contributed by atoms with van der Waals surface area (Å²) >= 11 is 3.84.